The predicted octanol–water partition coefficient (Wildman–Crippen LogP) is 0.739. The molecule has 12 heavy (non-hydrogen) atoms. The topological polar surface area (TPSA) is 35.8 Å². The Hall–Kier alpha value is -0.570. The minimum atomic E-state index is 0.117. The Labute approximate surface area is 74.1 Å². The van der Waals surface area contributed by atoms with Gasteiger partial charge in [0.1, 0.15) is 5.84 Å². The molecule has 1 aliphatic rings. The highest BCUT2D eigenvalue weighted by molar-refractivity contribution is 5.88. The molecule has 0 unspecified atom stereocenters. The van der Waals surface area contributed by atoms with Gasteiger partial charge < -0.3 is 10.0 Å². The summed E-state index contributed by atoms with van der Waals surface area (Å²) in [5, 5.41) is 8.81. The summed E-state index contributed by atoms with van der Waals surface area (Å²) in [7, 11) is 0. The fourth-order valence-corrected chi connectivity index (χ4v) is 1.53. The molecule has 0 saturated heterocycles. The van der Waals surface area contributed by atoms with Gasteiger partial charge in [-0.05, 0) is 0 Å². The summed E-state index contributed by atoms with van der Waals surface area (Å²) in [5.41, 5.74) is 0.117. The van der Waals surface area contributed by atoms with E-state index in [0.29, 0.717) is 0 Å². The van der Waals surface area contributed by atoms with Gasteiger partial charge in [-0.2, -0.15) is 0 Å². The molecule has 1 aliphatic heterocycles. The van der Waals surface area contributed by atoms with Crippen LogP contribution in [0.25, 0.3) is 0 Å². The fourth-order valence-electron chi connectivity index (χ4n) is 1.53. The van der Waals surface area contributed by atoms with Crippen LogP contribution >= 0.6 is 0 Å². The molecule has 0 aromatic heterocycles. The van der Waals surface area contributed by atoms with Gasteiger partial charge in [0.2, 0.25) is 0 Å². The van der Waals surface area contributed by atoms with Crippen LogP contribution in [-0.2, 0) is 0 Å². The lowest BCUT2D eigenvalue weighted by Gasteiger charge is -2.28. The number of rotatable bonds is 2. The second-order valence-electron chi connectivity index (χ2n) is 4.17. The number of amidine groups is 1. The van der Waals surface area contributed by atoms with Gasteiger partial charge in [0.05, 0.1) is 13.2 Å². The highest BCUT2D eigenvalue weighted by atomic mass is 16.3. The molecule has 0 radical (unpaired) electrons. The maximum absolute atomic E-state index is 8.81. The molecule has 3 nitrogen and oxygen atoms in total. The Balaban J connectivity index is 2.63. The zero-order valence-corrected chi connectivity index (χ0v) is 8.17. The van der Waals surface area contributed by atoms with Crippen molar-refractivity contribution in [3.05, 3.63) is 0 Å². The number of aliphatic hydroxyl groups is 1. The van der Waals surface area contributed by atoms with Gasteiger partial charge in [-0.15, -0.1) is 0 Å². The number of hydrogen-bond acceptors (Lipinski definition) is 3. The van der Waals surface area contributed by atoms with Crippen molar-refractivity contribution in [1.82, 2.24) is 4.90 Å². The normalized spacial score (nSPS) is 18.3. The summed E-state index contributed by atoms with van der Waals surface area (Å²) in [6.45, 7) is 9.25. The summed E-state index contributed by atoms with van der Waals surface area (Å²) in [4.78, 5) is 6.61. The van der Waals surface area contributed by atoms with Crippen LogP contribution in [0.5, 0.6) is 0 Å². The number of aliphatic hydroxyl groups excluding tert-OH is 1. The summed E-state index contributed by atoms with van der Waals surface area (Å²) in [6.07, 6.45) is 0. The maximum Gasteiger partial charge on any atom is 0.104 e. The Morgan fingerprint density at radius 1 is 1.50 bits per heavy atom. The van der Waals surface area contributed by atoms with E-state index in [-0.39, 0.29) is 12.0 Å². The largest absolute Gasteiger partial charge is 0.395 e. The van der Waals surface area contributed by atoms with Gasteiger partial charge >= 0.3 is 0 Å². The number of nitrogens with zero attached hydrogens (tertiary/aromatic N) is 2. The first-order chi connectivity index (χ1) is 5.55. The van der Waals surface area contributed by atoms with Gasteiger partial charge in [-0.25, -0.2) is 0 Å². The molecular formula is C9H18N2O. The van der Waals surface area contributed by atoms with Gasteiger partial charge in [-0.3, -0.25) is 4.99 Å². The smallest absolute Gasteiger partial charge is 0.104 e. The van der Waals surface area contributed by atoms with Gasteiger partial charge in [0, 0.05) is 18.5 Å². The lowest BCUT2D eigenvalue weighted by Crippen LogP contribution is -2.38. The standard InChI is InChI=1S/C9H18N2O/c1-9(2,3)8-10-4-5-11(8)6-7-12/h12H,4-7H2,1-3H3. The third-order valence-corrected chi connectivity index (χ3v) is 1.97. The molecule has 0 fully saturated rings. The first-order valence-electron chi connectivity index (χ1n) is 4.46. The molecule has 1 heterocycles. The van der Waals surface area contributed by atoms with Crippen LogP contribution in [0, 0.1) is 5.41 Å². The molecule has 0 atom stereocenters. The van der Waals surface area contributed by atoms with E-state index < -0.39 is 0 Å². The monoisotopic (exact) mass is 170 g/mol. The lowest BCUT2D eigenvalue weighted by atomic mass is 9.94. The van der Waals surface area contributed by atoms with Crippen LogP contribution in [0.1, 0.15) is 20.8 Å². The Bertz CT molecular complexity index is 181. The molecule has 70 valence electrons. The molecule has 1 N–H and O–H groups in total. The van der Waals surface area contributed by atoms with E-state index in [2.05, 4.69) is 30.7 Å². The van der Waals surface area contributed by atoms with Crippen molar-refractivity contribution in [2.45, 2.75) is 20.8 Å². The van der Waals surface area contributed by atoms with Crippen molar-refractivity contribution in [2.24, 2.45) is 10.4 Å². The van der Waals surface area contributed by atoms with E-state index in [1.54, 1.807) is 0 Å². The molecular weight excluding hydrogens is 152 g/mol. The molecule has 3 heteroatoms. The Kier molecular flexibility index (Phi) is 2.73. The van der Waals surface area contributed by atoms with Crippen molar-refractivity contribution in [2.75, 3.05) is 26.2 Å². The van der Waals surface area contributed by atoms with Crippen molar-refractivity contribution in [3.8, 4) is 0 Å². The van der Waals surface area contributed by atoms with Crippen molar-refractivity contribution < 1.29 is 5.11 Å². The van der Waals surface area contributed by atoms with Crippen molar-refractivity contribution in [1.29, 1.82) is 0 Å². The van der Waals surface area contributed by atoms with Crippen molar-refractivity contribution in [3.63, 3.8) is 0 Å². The summed E-state index contributed by atoms with van der Waals surface area (Å²) in [6, 6.07) is 0. The molecule has 0 saturated carbocycles. The van der Waals surface area contributed by atoms with Crippen LogP contribution < -0.4 is 0 Å². The van der Waals surface area contributed by atoms with Crippen LogP contribution in [-0.4, -0.2) is 42.1 Å². The van der Waals surface area contributed by atoms with Crippen molar-refractivity contribution >= 4 is 5.84 Å². The molecule has 0 aromatic rings. The molecule has 1 rings (SSSR count). The van der Waals surface area contributed by atoms with E-state index in [1.165, 1.54) is 0 Å². The number of hydrogen-bond donors (Lipinski definition) is 1. The second kappa shape index (κ2) is 3.44. The summed E-state index contributed by atoms with van der Waals surface area (Å²) < 4.78 is 0. The van der Waals surface area contributed by atoms with Gasteiger partial charge in [0.25, 0.3) is 0 Å². The highest BCUT2D eigenvalue weighted by Gasteiger charge is 2.27. The second-order valence-corrected chi connectivity index (χ2v) is 4.17. The quantitative estimate of drug-likeness (QED) is 0.663. The Morgan fingerprint density at radius 2 is 2.17 bits per heavy atom. The van der Waals surface area contributed by atoms with E-state index in [1.807, 2.05) is 0 Å². The zero-order chi connectivity index (χ0) is 9.19. The third-order valence-electron chi connectivity index (χ3n) is 1.97. The Morgan fingerprint density at radius 3 is 2.67 bits per heavy atom. The highest BCUT2D eigenvalue weighted by Crippen LogP contribution is 2.21. The van der Waals surface area contributed by atoms with Crippen LogP contribution in [0.3, 0.4) is 0 Å². The van der Waals surface area contributed by atoms with E-state index in [0.717, 1.165) is 25.5 Å². The molecule has 0 aliphatic carbocycles. The first kappa shape index (κ1) is 9.52. The van der Waals surface area contributed by atoms with E-state index >= 15 is 0 Å². The van der Waals surface area contributed by atoms with E-state index in [4.69, 9.17) is 5.11 Å². The third kappa shape index (κ3) is 1.97. The van der Waals surface area contributed by atoms with Gasteiger partial charge in [-0.1, -0.05) is 20.8 Å². The minimum Gasteiger partial charge on any atom is -0.395 e. The lowest BCUT2D eigenvalue weighted by molar-refractivity contribution is 0.250. The molecule has 0 bridgehead atoms. The first-order valence-corrected chi connectivity index (χ1v) is 4.46. The summed E-state index contributed by atoms with van der Waals surface area (Å²) in [5.74, 6) is 1.14. The van der Waals surface area contributed by atoms with Crippen LogP contribution in [0.15, 0.2) is 4.99 Å². The van der Waals surface area contributed by atoms with E-state index in [9.17, 15) is 0 Å². The zero-order valence-electron chi connectivity index (χ0n) is 8.17. The molecule has 0 aromatic carbocycles. The molecule has 0 amide bonds. The minimum absolute atomic E-state index is 0.117. The SMILES string of the molecule is CC(C)(C)C1=NCCN1CCO. The number of β-amino-alcohol motifs (C(OH)–C–C–N with tert-alkyl or cyclic N) is 1. The average molecular weight is 170 g/mol. The van der Waals surface area contributed by atoms with Crippen LogP contribution in [0.4, 0.5) is 0 Å². The average Bonchev–Trinajstić information content (AvgIpc) is 2.34. The fraction of sp³-hybridized carbons (Fsp3) is 0.889. The maximum atomic E-state index is 8.81. The van der Waals surface area contributed by atoms with Crippen LogP contribution in [0.2, 0.25) is 0 Å². The molecule has 0 spiro atoms. The predicted molar refractivity (Wildman–Crippen MR) is 50.4 cm³/mol. The number of aliphatic imine (C=N–C) groups is 1. The summed E-state index contributed by atoms with van der Waals surface area (Å²) >= 11 is 0. The van der Waals surface area contributed by atoms with Gasteiger partial charge in [0.15, 0.2) is 0 Å².